The third kappa shape index (κ3) is 7.71. The Balaban J connectivity index is 0.000000163. The Morgan fingerprint density at radius 1 is 0.325 bits per heavy atom. The fraction of sp³-hybridized carbons (Fsp3) is 0. The van der Waals surface area contributed by atoms with E-state index in [9.17, 15) is 14.4 Å². The van der Waals surface area contributed by atoms with Crippen LogP contribution in [-0.4, -0.2) is 55.9 Å². The van der Waals surface area contributed by atoms with Crippen LogP contribution in [0.5, 0.6) is 17.2 Å². The van der Waals surface area contributed by atoms with Gasteiger partial charge in [0, 0.05) is 0 Å². The minimum Gasteiger partial charge on any atom is -0.587 e. The molecular formula is C33H30BiO6+9. The van der Waals surface area contributed by atoms with E-state index in [0.717, 1.165) is 32.3 Å². The first-order chi connectivity index (χ1) is 18.8. The summed E-state index contributed by atoms with van der Waals surface area (Å²) in [5.41, 5.74) is 0.0311. The van der Waals surface area contributed by atoms with Crippen molar-refractivity contribution < 1.29 is 29.7 Å². The number of rotatable bonds is 0. The van der Waals surface area contributed by atoms with Crippen LogP contribution in [0, 0.1) is 0 Å². The monoisotopic (exact) mass is 731 g/mol. The number of hydrogen-bond donors (Lipinski definition) is 0. The zero-order valence-electron chi connectivity index (χ0n) is 21.4. The van der Waals surface area contributed by atoms with Gasteiger partial charge in [-0.3, -0.25) is 14.4 Å². The van der Waals surface area contributed by atoms with Crippen molar-refractivity contribution in [3.05, 3.63) is 144 Å². The van der Waals surface area contributed by atoms with Crippen LogP contribution in [0.2, 0.25) is 0 Å². The molecule has 9 N–H and O–H groups in total. The van der Waals surface area contributed by atoms with Gasteiger partial charge in [0.05, 0.1) is 36.4 Å². The van der Waals surface area contributed by atoms with Crippen LogP contribution >= 0.6 is 0 Å². The fourth-order valence-electron chi connectivity index (χ4n) is 3.85. The van der Waals surface area contributed by atoms with Crippen molar-refractivity contribution in [2.75, 3.05) is 0 Å². The molecule has 0 unspecified atom stereocenters. The molecule has 0 saturated carbocycles. The van der Waals surface area contributed by atoms with Gasteiger partial charge in [-0.1, -0.05) is 72.8 Å². The summed E-state index contributed by atoms with van der Waals surface area (Å²) in [5, 5.41) is 28.4. The van der Waals surface area contributed by atoms with Crippen LogP contribution in [-0.2, 0) is 0 Å². The largest absolute Gasteiger partial charge is 3.00 e. The minimum absolute atomic E-state index is 0. The summed E-state index contributed by atoms with van der Waals surface area (Å²) in [4.78, 5) is 27.9. The van der Waals surface area contributed by atoms with Gasteiger partial charge in [0.2, 0.25) is 0 Å². The average Bonchev–Trinajstić information content (AvgIpc) is 3.26. The predicted octanol–water partition coefficient (Wildman–Crippen LogP) is 3.47. The average molecular weight is 732 g/mol. The molecule has 6 aromatic carbocycles. The molecule has 6 aromatic rings. The third-order valence-electron chi connectivity index (χ3n) is 5.98. The van der Waals surface area contributed by atoms with Gasteiger partial charge in [0.15, 0.2) is 0 Å². The van der Waals surface area contributed by atoms with Crippen molar-refractivity contribution in [3.8, 4) is 17.2 Å². The maximum atomic E-state index is 9.30. The van der Waals surface area contributed by atoms with E-state index < -0.39 is 0 Å². The summed E-state index contributed by atoms with van der Waals surface area (Å²) in [7, 11) is 0. The molecule has 40 heavy (non-hydrogen) atoms. The topological polar surface area (TPSA) is 133 Å². The summed E-state index contributed by atoms with van der Waals surface area (Å²) in [6.45, 7) is 0. The van der Waals surface area contributed by atoms with E-state index in [1.807, 2.05) is 91.0 Å². The quantitative estimate of drug-likeness (QED) is 0.167. The van der Waals surface area contributed by atoms with Crippen molar-refractivity contribution in [3.63, 3.8) is 0 Å². The molecule has 0 atom stereocenters. The van der Waals surface area contributed by atoms with Gasteiger partial charge in [0.25, 0.3) is 0 Å². The molecule has 6 rings (SSSR count). The Labute approximate surface area is 248 Å². The van der Waals surface area contributed by atoms with Gasteiger partial charge >= 0.3 is 59.7 Å². The van der Waals surface area contributed by atoms with E-state index in [2.05, 4.69) is 0 Å². The van der Waals surface area contributed by atoms with Crippen molar-refractivity contribution in [1.82, 2.24) is 0 Å². The van der Waals surface area contributed by atoms with E-state index in [-0.39, 0.29) is 59.7 Å². The van der Waals surface area contributed by atoms with E-state index >= 15 is 0 Å². The van der Waals surface area contributed by atoms with Crippen LogP contribution in [0.25, 0.3) is 32.3 Å². The zero-order valence-corrected chi connectivity index (χ0v) is 24.9. The second-order valence-corrected chi connectivity index (χ2v) is 8.72. The van der Waals surface area contributed by atoms with Crippen LogP contribution < -0.4 is 16.3 Å². The normalized spacial score (nSPS) is 9.90. The molecule has 6 nitrogen and oxygen atoms in total. The van der Waals surface area contributed by atoms with E-state index in [1.165, 1.54) is 0 Å². The predicted molar refractivity (Wildman–Crippen MR) is 162 cm³/mol. The molecule has 0 spiro atoms. The molecule has 2 radical (unpaired) electrons. The standard InChI is InChI=1S/3C11H8O2.Bi/c3*12-10-6-5-8-3-1-2-4-9(8)7-11(10)13;/h3*1-7H,(H,12,13);/q;;;+3/p+6. The van der Waals surface area contributed by atoms with Crippen molar-refractivity contribution in [1.29, 1.82) is 0 Å². The fourth-order valence-corrected chi connectivity index (χ4v) is 3.85. The molecule has 0 aliphatic rings. The zero-order chi connectivity index (χ0) is 27.8. The van der Waals surface area contributed by atoms with Gasteiger partial charge in [0.1, 0.15) is 0 Å². The van der Waals surface area contributed by atoms with E-state index in [0.29, 0.717) is 0 Å². The molecule has 7 heteroatoms. The van der Waals surface area contributed by atoms with Crippen LogP contribution in [0.15, 0.2) is 127 Å². The molecule has 0 saturated heterocycles. The third-order valence-corrected chi connectivity index (χ3v) is 5.98. The van der Waals surface area contributed by atoms with Crippen molar-refractivity contribution in [2.24, 2.45) is 0 Å². The minimum atomic E-state index is 0. The Kier molecular flexibility index (Phi) is 10.5. The Bertz CT molecular complexity index is 1750. The molecule has 0 aliphatic heterocycles. The van der Waals surface area contributed by atoms with Gasteiger partial charge in [-0.05, 0) is 50.5 Å². The first-order valence-corrected chi connectivity index (χ1v) is 12.1. The molecule has 0 aliphatic carbocycles. The number of hydrogen-bond acceptors (Lipinski definition) is 0. The van der Waals surface area contributed by atoms with Crippen LogP contribution in [0.1, 0.15) is 0 Å². The molecule has 0 bridgehead atoms. The smallest absolute Gasteiger partial charge is 0.587 e. The molecule has 194 valence electrons. The Morgan fingerprint density at radius 2 is 0.550 bits per heavy atom. The van der Waals surface area contributed by atoms with Gasteiger partial charge in [-0.15, -0.1) is 0 Å². The van der Waals surface area contributed by atoms with Crippen molar-refractivity contribution in [2.45, 2.75) is 0 Å². The SMILES string of the molecule is [Bi+3].[OH+]=c1ccc2ccccc2cc1[OH2+].[OH+]=c1ccc2ccccc2cc1[OH2+].[OH+]=c1ccc2ccccc2cc1[OH2+]. The molecule has 0 heterocycles. The summed E-state index contributed by atoms with van der Waals surface area (Å²) >= 11 is 0. The molecule has 0 amide bonds. The molecular weight excluding hydrogens is 701 g/mol. The van der Waals surface area contributed by atoms with Gasteiger partial charge in [-0.2, -0.15) is 0 Å². The maximum absolute atomic E-state index is 9.30. The van der Waals surface area contributed by atoms with Gasteiger partial charge in [-0.25, -0.2) is 0 Å². The number of fused-ring (bicyclic) bond motifs is 3. The second kappa shape index (κ2) is 14.0. The first kappa shape index (κ1) is 29.9. The second-order valence-electron chi connectivity index (χ2n) is 8.72. The van der Waals surface area contributed by atoms with Crippen molar-refractivity contribution >= 4 is 58.5 Å². The summed E-state index contributed by atoms with van der Waals surface area (Å²) in [6, 6.07) is 38.2. The Hall–Kier alpha value is -4.61. The molecule has 0 fully saturated rings. The van der Waals surface area contributed by atoms with Crippen LogP contribution in [0.3, 0.4) is 0 Å². The Morgan fingerprint density at radius 3 is 0.800 bits per heavy atom. The summed E-state index contributed by atoms with van der Waals surface area (Å²) < 4.78 is 0. The number of benzene rings is 3. The van der Waals surface area contributed by atoms with Gasteiger partial charge < -0.3 is 15.3 Å². The molecule has 0 aromatic heterocycles. The summed E-state index contributed by atoms with van der Waals surface area (Å²) in [5.74, 6) is 0.462. The van der Waals surface area contributed by atoms with E-state index in [4.69, 9.17) is 15.3 Å². The summed E-state index contributed by atoms with van der Waals surface area (Å²) in [6.07, 6.45) is 0. The first-order valence-electron chi connectivity index (χ1n) is 12.1. The van der Waals surface area contributed by atoms with Crippen LogP contribution in [0.4, 0.5) is 0 Å². The van der Waals surface area contributed by atoms with E-state index in [1.54, 1.807) is 36.4 Å². The maximum Gasteiger partial charge on any atom is 3.00 e.